The summed E-state index contributed by atoms with van der Waals surface area (Å²) in [6.07, 6.45) is 3.99. The van der Waals surface area contributed by atoms with E-state index < -0.39 is 17.2 Å². The molecule has 2 aromatic carbocycles. The molecule has 4 nitrogen and oxygen atoms in total. The van der Waals surface area contributed by atoms with E-state index in [1.165, 1.54) is 5.56 Å². The van der Waals surface area contributed by atoms with Crippen molar-refractivity contribution in [3.8, 4) is 5.75 Å². The van der Waals surface area contributed by atoms with Gasteiger partial charge in [0.2, 0.25) is 11.4 Å². The minimum atomic E-state index is -2.06. The zero-order valence-corrected chi connectivity index (χ0v) is 12.5. The summed E-state index contributed by atoms with van der Waals surface area (Å²) in [7, 11) is 0. The first-order valence-corrected chi connectivity index (χ1v) is 8.00. The number of carbonyl (C=O) groups excluding carboxylic acids is 1. The number of fused-ring (bicyclic) bond motifs is 7. The molecule has 2 aromatic rings. The molecule has 116 valence electrons. The molecule has 0 bridgehead atoms. The van der Waals surface area contributed by atoms with Gasteiger partial charge in [-0.25, -0.2) is 0 Å². The lowest BCUT2D eigenvalue weighted by atomic mass is 9.83. The van der Waals surface area contributed by atoms with Crippen LogP contribution in [0.1, 0.15) is 45.5 Å². The van der Waals surface area contributed by atoms with Crippen molar-refractivity contribution in [2.75, 3.05) is 0 Å². The Morgan fingerprint density at radius 3 is 2.61 bits per heavy atom. The molecule has 2 unspecified atom stereocenters. The normalized spacial score (nSPS) is 30.3. The largest absolute Gasteiger partial charge is 0.453 e. The first-order valence-electron chi connectivity index (χ1n) is 8.00. The summed E-state index contributed by atoms with van der Waals surface area (Å²) < 4.78 is 5.90. The molecule has 4 heteroatoms. The molecule has 0 fully saturated rings. The molecule has 0 amide bonds. The van der Waals surface area contributed by atoms with Gasteiger partial charge in [0, 0.05) is 16.7 Å². The van der Waals surface area contributed by atoms with Crippen LogP contribution in [-0.4, -0.2) is 16.0 Å². The summed E-state index contributed by atoms with van der Waals surface area (Å²) in [5.74, 6) is -2.03. The number of aryl methyl sites for hydroxylation is 1. The predicted octanol–water partition coefficient (Wildman–Crippen LogP) is 2.19. The van der Waals surface area contributed by atoms with Gasteiger partial charge in [0.1, 0.15) is 5.75 Å². The van der Waals surface area contributed by atoms with Gasteiger partial charge in [-0.15, -0.1) is 0 Å². The van der Waals surface area contributed by atoms with Gasteiger partial charge in [0.25, 0.3) is 5.79 Å². The molecule has 0 spiro atoms. The second-order valence-electron chi connectivity index (χ2n) is 6.62. The van der Waals surface area contributed by atoms with Gasteiger partial charge in [-0.3, -0.25) is 4.79 Å². The lowest BCUT2D eigenvalue weighted by Gasteiger charge is -2.28. The number of ketones is 1. The Kier molecular flexibility index (Phi) is 2.32. The first kappa shape index (κ1) is 13.3. The van der Waals surface area contributed by atoms with Crippen molar-refractivity contribution in [1.82, 2.24) is 0 Å². The van der Waals surface area contributed by atoms with Crippen molar-refractivity contribution in [3.05, 3.63) is 64.2 Å². The fraction of sp³-hybridized carbons (Fsp3) is 0.316. The van der Waals surface area contributed by atoms with Gasteiger partial charge in [-0.05, 0) is 36.8 Å². The fourth-order valence-electron chi connectivity index (χ4n) is 4.30. The molecule has 0 saturated heterocycles. The molecule has 5 rings (SSSR count). The Bertz CT molecular complexity index is 872. The van der Waals surface area contributed by atoms with Crippen molar-refractivity contribution < 1.29 is 19.7 Å². The highest BCUT2D eigenvalue weighted by molar-refractivity contribution is 6.09. The van der Waals surface area contributed by atoms with Crippen molar-refractivity contribution >= 4 is 5.78 Å². The van der Waals surface area contributed by atoms with Crippen LogP contribution in [0, 0.1) is 0 Å². The van der Waals surface area contributed by atoms with Gasteiger partial charge in [-0.1, -0.05) is 36.4 Å². The van der Waals surface area contributed by atoms with Crippen LogP contribution < -0.4 is 4.74 Å². The van der Waals surface area contributed by atoms with Crippen molar-refractivity contribution in [2.45, 2.75) is 37.1 Å². The summed E-state index contributed by atoms with van der Waals surface area (Å²) >= 11 is 0. The summed E-state index contributed by atoms with van der Waals surface area (Å²) in [5, 5.41) is 22.4. The molecular weight excluding hydrogens is 292 g/mol. The number of ether oxygens (including phenoxy) is 1. The Balaban J connectivity index is 1.80. The molecule has 2 aliphatic carbocycles. The van der Waals surface area contributed by atoms with Crippen molar-refractivity contribution in [2.24, 2.45) is 0 Å². The quantitative estimate of drug-likeness (QED) is 0.783. The van der Waals surface area contributed by atoms with Gasteiger partial charge in [0.15, 0.2) is 0 Å². The van der Waals surface area contributed by atoms with E-state index in [2.05, 4.69) is 0 Å². The van der Waals surface area contributed by atoms with E-state index in [1.807, 2.05) is 6.07 Å². The van der Waals surface area contributed by atoms with E-state index in [0.717, 1.165) is 31.2 Å². The van der Waals surface area contributed by atoms with E-state index in [4.69, 9.17) is 4.74 Å². The van der Waals surface area contributed by atoms with Crippen LogP contribution >= 0.6 is 0 Å². The Morgan fingerprint density at radius 2 is 1.74 bits per heavy atom. The van der Waals surface area contributed by atoms with Gasteiger partial charge in [0.05, 0.1) is 0 Å². The zero-order chi connectivity index (χ0) is 15.8. The maximum absolute atomic E-state index is 12.8. The second kappa shape index (κ2) is 4.02. The lowest BCUT2D eigenvalue weighted by Crippen LogP contribution is -2.48. The van der Waals surface area contributed by atoms with E-state index in [1.54, 1.807) is 30.3 Å². The monoisotopic (exact) mass is 308 g/mol. The molecule has 2 atom stereocenters. The van der Waals surface area contributed by atoms with E-state index in [0.29, 0.717) is 22.4 Å². The summed E-state index contributed by atoms with van der Waals surface area (Å²) in [6.45, 7) is 0. The highest BCUT2D eigenvalue weighted by Gasteiger charge is 2.70. The minimum absolute atomic E-state index is 0.320. The second-order valence-corrected chi connectivity index (χ2v) is 6.62. The number of benzene rings is 2. The van der Waals surface area contributed by atoms with Crippen LogP contribution in [0.25, 0.3) is 0 Å². The predicted molar refractivity (Wildman–Crippen MR) is 82.3 cm³/mol. The maximum atomic E-state index is 12.8. The van der Waals surface area contributed by atoms with Crippen LogP contribution in [0.2, 0.25) is 0 Å². The number of rotatable bonds is 0. The third-order valence-electron chi connectivity index (χ3n) is 5.48. The van der Waals surface area contributed by atoms with Crippen LogP contribution in [0.4, 0.5) is 0 Å². The van der Waals surface area contributed by atoms with Crippen LogP contribution in [0.5, 0.6) is 5.75 Å². The smallest absolute Gasteiger partial charge is 0.276 e. The average molecular weight is 308 g/mol. The minimum Gasteiger partial charge on any atom is -0.453 e. The zero-order valence-electron chi connectivity index (χ0n) is 12.5. The average Bonchev–Trinajstić information content (AvgIpc) is 2.92. The number of carbonyl (C=O) groups is 1. The molecule has 3 aliphatic rings. The standard InChI is InChI=1S/C19H16O4/c20-17-13-7-3-4-8-14(13)19(22)18(17,21)15-10-9-11-5-1-2-6-12(11)16(15)23-19/h3-4,7-10,21-22H,1-2,5-6H2. The Morgan fingerprint density at radius 1 is 0.957 bits per heavy atom. The molecule has 1 heterocycles. The van der Waals surface area contributed by atoms with Crippen LogP contribution in [0.15, 0.2) is 36.4 Å². The SMILES string of the molecule is O=C1c2ccccc2C2(O)Oc3c(ccc4c3CCCC4)C12O. The number of hydrogen-bond donors (Lipinski definition) is 2. The highest BCUT2D eigenvalue weighted by atomic mass is 16.7. The molecule has 0 aromatic heterocycles. The van der Waals surface area contributed by atoms with Gasteiger partial charge < -0.3 is 14.9 Å². The van der Waals surface area contributed by atoms with E-state index >= 15 is 0 Å². The third-order valence-corrected chi connectivity index (χ3v) is 5.48. The van der Waals surface area contributed by atoms with Crippen molar-refractivity contribution in [3.63, 3.8) is 0 Å². The molecule has 0 saturated carbocycles. The molecule has 2 N–H and O–H groups in total. The lowest BCUT2D eigenvalue weighted by molar-refractivity contribution is -0.224. The van der Waals surface area contributed by atoms with Crippen LogP contribution in [0.3, 0.4) is 0 Å². The maximum Gasteiger partial charge on any atom is 0.276 e. The van der Waals surface area contributed by atoms with Crippen molar-refractivity contribution in [1.29, 1.82) is 0 Å². The van der Waals surface area contributed by atoms with Gasteiger partial charge in [-0.2, -0.15) is 0 Å². The Hall–Kier alpha value is -2.17. The third kappa shape index (κ3) is 1.33. The molecule has 1 aliphatic heterocycles. The Labute approximate surface area is 133 Å². The van der Waals surface area contributed by atoms with E-state index in [9.17, 15) is 15.0 Å². The highest BCUT2D eigenvalue weighted by Crippen LogP contribution is 2.59. The summed E-state index contributed by atoms with van der Waals surface area (Å²) in [4.78, 5) is 12.8. The topological polar surface area (TPSA) is 66.8 Å². The molecule has 0 radical (unpaired) electrons. The first-order chi connectivity index (χ1) is 11.1. The number of hydrogen-bond acceptors (Lipinski definition) is 4. The number of aliphatic hydroxyl groups is 2. The van der Waals surface area contributed by atoms with E-state index in [-0.39, 0.29) is 0 Å². The number of Topliss-reactive ketones (excluding diaryl/α,β-unsaturated/α-hetero) is 1. The molecular formula is C19H16O4. The fourth-order valence-corrected chi connectivity index (χ4v) is 4.30. The molecule has 23 heavy (non-hydrogen) atoms. The summed E-state index contributed by atoms with van der Waals surface area (Å²) in [5.41, 5.74) is 1.20. The summed E-state index contributed by atoms with van der Waals surface area (Å²) in [6, 6.07) is 10.4. The van der Waals surface area contributed by atoms with Gasteiger partial charge >= 0.3 is 0 Å². The van der Waals surface area contributed by atoms with Crippen LogP contribution in [-0.2, 0) is 24.2 Å².